The number of anilines is 2. The smallest absolute Gasteiger partial charge is 0.337 e. The van der Waals surface area contributed by atoms with Crippen molar-refractivity contribution in [3.8, 4) is 0 Å². The SMILES string of the molecule is Cc1cc2c(cc1CCNc1ccccc1C(=O)O)C(C)(C)CCN2C(C)C. The molecular formula is C24H32N2O2. The molecule has 0 saturated heterocycles. The Morgan fingerprint density at radius 1 is 1.25 bits per heavy atom. The van der Waals surface area contributed by atoms with Crippen LogP contribution in [0.3, 0.4) is 0 Å². The third-order valence-corrected chi connectivity index (χ3v) is 5.96. The van der Waals surface area contributed by atoms with Crippen molar-refractivity contribution in [2.75, 3.05) is 23.3 Å². The summed E-state index contributed by atoms with van der Waals surface area (Å²) >= 11 is 0. The molecule has 0 unspecified atom stereocenters. The predicted octanol–water partition coefficient (Wildman–Crippen LogP) is 5.24. The van der Waals surface area contributed by atoms with E-state index < -0.39 is 5.97 Å². The highest BCUT2D eigenvalue weighted by molar-refractivity contribution is 5.94. The second-order valence-corrected chi connectivity index (χ2v) is 8.74. The average molecular weight is 381 g/mol. The zero-order valence-electron chi connectivity index (χ0n) is 17.7. The minimum atomic E-state index is -0.899. The van der Waals surface area contributed by atoms with E-state index in [0.29, 0.717) is 23.8 Å². The van der Waals surface area contributed by atoms with Crippen molar-refractivity contribution in [2.24, 2.45) is 0 Å². The Balaban J connectivity index is 1.82. The van der Waals surface area contributed by atoms with Gasteiger partial charge in [-0.05, 0) is 73.9 Å². The molecule has 0 spiro atoms. The first-order valence-electron chi connectivity index (χ1n) is 10.2. The van der Waals surface area contributed by atoms with Crippen LogP contribution in [0.25, 0.3) is 0 Å². The molecule has 2 aromatic rings. The standard InChI is InChI=1S/C24H32N2O2/c1-16(2)26-13-11-24(4,5)20-15-18(17(3)14-22(20)26)10-12-25-21-9-7-6-8-19(21)23(27)28/h6-9,14-16,25H,10-13H2,1-5H3,(H,27,28). The van der Waals surface area contributed by atoms with Gasteiger partial charge in [-0.3, -0.25) is 0 Å². The molecule has 3 rings (SSSR count). The summed E-state index contributed by atoms with van der Waals surface area (Å²) in [7, 11) is 0. The van der Waals surface area contributed by atoms with Crippen LogP contribution in [-0.2, 0) is 11.8 Å². The van der Waals surface area contributed by atoms with E-state index in [0.717, 1.165) is 19.4 Å². The molecule has 0 saturated carbocycles. The Hall–Kier alpha value is -2.49. The number of hydrogen-bond acceptors (Lipinski definition) is 3. The monoisotopic (exact) mass is 380 g/mol. The highest BCUT2D eigenvalue weighted by Crippen LogP contribution is 2.41. The number of rotatable bonds is 6. The highest BCUT2D eigenvalue weighted by atomic mass is 16.4. The topological polar surface area (TPSA) is 52.6 Å². The molecule has 1 aliphatic heterocycles. The zero-order valence-corrected chi connectivity index (χ0v) is 17.7. The summed E-state index contributed by atoms with van der Waals surface area (Å²) in [6, 6.07) is 12.3. The molecule has 0 bridgehead atoms. The summed E-state index contributed by atoms with van der Waals surface area (Å²) in [6.07, 6.45) is 2.02. The Bertz CT molecular complexity index is 871. The molecule has 0 amide bonds. The molecule has 0 fully saturated rings. The van der Waals surface area contributed by atoms with Crippen LogP contribution >= 0.6 is 0 Å². The van der Waals surface area contributed by atoms with Gasteiger partial charge < -0.3 is 15.3 Å². The molecule has 4 heteroatoms. The molecule has 2 aromatic carbocycles. The summed E-state index contributed by atoms with van der Waals surface area (Å²) in [5, 5.41) is 12.6. The van der Waals surface area contributed by atoms with Crippen molar-refractivity contribution < 1.29 is 9.90 Å². The number of fused-ring (bicyclic) bond motifs is 1. The Morgan fingerprint density at radius 2 is 1.96 bits per heavy atom. The van der Waals surface area contributed by atoms with E-state index >= 15 is 0 Å². The lowest BCUT2D eigenvalue weighted by Crippen LogP contribution is -2.41. The number of benzene rings is 2. The van der Waals surface area contributed by atoms with Gasteiger partial charge in [0, 0.05) is 30.5 Å². The Morgan fingerprint density at radius 3 is 2.64 bits per heavy atom. The second-order valence-electron chi connectivity index (χ2n) is 8.74. The van der Waals surface area contributed by atoms with Crippen LogP contribution in [0.2, 0.25) is 0 Å². The largest absolute Gasteiger partial charge is 0.478 e. The maximum atomic E-state index is 11.4. The van der Waals surface area contributed by atoms with Crippen LogP contribution in [0.4, 0.5) is 11.4 Å². The molecule has 0 aromatic heterocycles. The summed E-state index contributed by atoms with van der Waals surface area (Å²) in [6.45, 7) is 13.2. The van der Waals surface area contributed by atoms with Crippen molar-refractivity contribution in [2.45, 2.75) is 58.9 Å². The first kappa shape index (κ1) is 20.2. The van der Waals surface area contributed by atoms with Gasteiger partial charge in [0.1, 0.15) is 0 Å². The van der Waals surface area contributed by atoms with Gasteiger partial charge in [0.05, 0.1) is 5.56 Å². The minimum Gasteiger partial charge on any atom is -0.478 e. The molecule has 28 heavy (non-hydrogen) atoms. The Kier molecular flexibility index (Phi) is 5.69. The number of aryl methyl sites for hydroxylation is 1. The lowest BCUT2D eigenvalue weighted by molar-refractivity contribution is 0.0698. The lowest BCUT2D eigenvalue weighted by atomic mass is 9.76. The zero-order chi connectivity index (χ0) is 20.5. The van der Waals surface area contributed by atoms with Crippen molar-refractivity contribution >= 4 is 17.3 Å². The van der Waals surface area contributed by atoms with Gasteiger partial charge in [0.15, 0.2) is 0 Å². The molecule has 1 heterocycles. The maximum absolute atomic E-state index is 11.4. The molecule has 150 valence electrons. The van der Waals surface area contributed by atoms with E-state index in [1.54, 1.807) is 12.1 Å². The van der Waals surface area contributed by atoms with E-state index in [9.17, 15) is 9.90 Å². The van der Waals surface area contributed by atoms with E-state index in [2.05, 4.69) is 57.0 Å². The quantitative estimate of drug-likeness (QED) is 0.719. The van der Waals surface area contributed by atoms with Gasteiger partial charge in [-0.25, -0.2) is 4.79 Å². The molecular weight excluding hydrogens is 348 g/mol. The third-order valence-electron chi connectivity index (χ3n) is 5.96. The number of hydrogen-bond donors (Lipinski definition) is 2. The van der Waals surface area contributed by atoms with E-state index in [-0.39, 0.29) is 5.41 Å². The van der Waals surface area contributed by atoms with Crippen molar-refractivity contribution in [1.29, 1.82) is 0 Å². The molecule has 0 aliphatic carbocycles. The number of nitrogens with zero attached hydrogens (tertiary/aromatic N) is 1. The van der Waals surface area contributed by atoms with Crippen LogP contribution in [0.1, 0.15) is 61.2 Å². The normalized spacial score (nSPS) is 15.4. The number of aromatic carboxylic acids is 1. The molecule has 0 atom stereocenters. The molecule has 1 aliphatic rings. The van der Waals surface area contributed by atoms with Gasteiger partial charge in [0.2, 0.25) is 0 Å². The summed E-state index contributed by atoms with van der Waals surface area (Å²) in [5.41, 5.74) is 6.60. The van der Waals surface area contributed by atoms with Gasteiger partial charge in [-0.15, -0.1) is 0 Å². The number of carboxylic acids is 1. The fourth-order valence-corrected chi connectivity index (χ4v) is 4.13. The van der Waals surface area contributed by atoms with Crippen molar-refractivity contribution in [1.82, 2.24) is 0 Å². The highest BCUT2D eigenvalue weighted by Gasteiger charge is 2.32. The van der Waals surface area contributed by atoms with Crippen LogP contribution in [0.5, 0.6) is 0 Å². The fraction of sp³-hybridized carbons (Fsp3) is 0.458. The van der Waals surface area contributed by atoms with Gasteiger partial charge >= 0.3 is 5.97 Å². The number of carboxylic acid groups (broad SMARTS) is 1. The molecule has 2 N–H and O–H groups in total. The summed E-state index contributed by atoms with van der Waals surface area (Å²) in [5.74, 6) is -0.899. The first-order valence-corrected chi connectivity index (χ1v) is 10.2. The number of para-hydroxylation sites is 1. The van der Waals surface area contributed by atoms with Crippen LogP contribution in [0.15, 0.2) is 36.4 Å². The second kappa shape index (κ2) is 7.86. The minimum absolute atomic E-state index is 0.173. The predicted molar refractivity (Wildman–Crippen MR) is 117 cm³/mol. The van der Waals surface area contributed by atoms with Gasteiger partial charge in [0.25, 0.3) is 0 Å². The fourth-order valence-electron chi connectivity index (χ4n) is 4.13. The number of carbonyl (C=O) groups is 1. The van der Waals surface area contributed by atoms with Gasteiger partial charge in [-0.1, -0.05) is 32.0 Å². The van der Waals surface area contributed by atoms with E-state index in [1.165, 1.54) is 22.4 Å². The van der Waals surface area contributed by atoms with Crippen molar-refractivity contribution in [3.63, 3.8) is 0 Å². The van der Waals surface area contributed by atoms with Crippen LogP contribution < -0.4 is 10.2 Å². The molecule has 0 radical (unpaired) electrons. The van der Waals surface area contributed by atoms with E-state index in [1.807, 2.05) is 12.1 Å². The van der Waals surface area contributed by atoms with Crippen molar-refractivity contribution in [3.05, 3.63) is 58.7 Å². The van der Waals surface area contributed by atoms with Crippen LogP contribution in [0, 0.1) is 6.92 Å². The summed E-state index contributed by atoms with van der Waals surface area (Å²) < 4.78 is 0. The summed E-state index contributed by atoms with van der Waals surface area (Å²) in [4.78, 5) is 13.9. The van der Waals surface area contributed by atoms with Crippen LogP contribution in [-0.4, -0.2) is 30.2 Å². The number of nitrogens with one attached hydrogen (secondary N) is 1. The molecule has 4 nitrogen and oxygen atoms in total. The van der Waals surface area contributed by atoms with E-state index in [4.69, 9.17) is 0 Å². The third kappa shape index (κ3) is 4.01. The van der Waals surface area contributed by atoms with Gasteiger partial charge in [-0.2, -0.15) is 0 Å². The lowest BCUT2D eigenvalue weighted by Gasteiger charge is -2.43. The first-order chi connectivity index (χ1) is 13.2. The average Bonchev–Trinajstić information content (AvgIpc) is 2.62. The Labute approximate surface area is 168 Å². The maximum Gasteiger partial charge on any atom is 0.337 e.